The van der Waals surface area contributed by atoms with E-state index in [1.807, 2.05) is 0 Å². The molecule has 1 aliphatic heterocycles. The minimum absolute atomic E-state index is 0.0579. The Balaban J connectivity index is 2.04. The van der Waals surface area contributed by atoms with Gasteiger partial charge in [0.15, 0.2) is 0 Å². The number of nitrogens with one attached hydrogen (secondary N) is 1. The van der Waals surface area contributed by atoms with Crippen LogP contribution in [0.5, 0.6) is 0 Å². The highest BCUT2D eigenvalue weighted by atomic mass is 32.2. The molecule has 0 spiro atoms. The smallest absolute Gasteiger partial charge is 0.410 e. The molecule has 0 aliphatic carbocycles. The number of hydrogen-bond acceptors (Lipinski definition) is 6. The lowest BCUT2D eigenvalue weighted by atomic mass is 10.1. The predicted octanol–water partition coefficient (Wildman–Crippen LogP) is 2.27. The lowest BCUT2D eigenvalue weighted by Gasteiger charge is -2.34. The van der Waals surface area contributed by atoms with E-state index in [0.717, 1.165) is 12.1 Å². The van der Waals surface area contributed by atoms with E-state index < -0.39 is 32.7 Å². The van der Waals surface area contributed by atoms with Gasteiger partial charge in [-0.15, -0.1) is 0 Å². The van der Waals surface area contributed by atoms with Crippen molar-refractivity contribution in [2.24, 2.45) is 0 Å². The minimum Gasteiger partial charge on any atom is -0.444 e. The number of amides is 1. The molecule has 1 N–H and O–H groups in total. The lowest BCUT2D eigenvalue weighted by molar-refractivity contribution is -0.384. The molecule has 1 aliphatic rings. The van der Waals surface area contributed by atoms with E-state index in [1.54, 1.807) is 20.8 Å². The summed E-state index contributed by atoms with van der Waals surface area (Å²) in [4.78, 5) is 23.7. The third-order valence-electron chi connectivity index (χ3n) is 3.75. The first-order valence-corrected chi connectivity index (χ1v) is 9.71. The standard InChI is InChI=1S/C16H23N3O6S/c1-16(2,3)25-15(20)18-10-4-5-12(11-18)17-26(23,24)14-8-6-13(7-9-14)19(21)22/h6-9,12,17H,4-5,10-11H2,1-3H3/t12-/m1/s1. The Labute approximate surface area is 152 Å². The van der Waals surface area contributed by atoms with Crippen LogP contribution in [-0.2, 0) is 14.8 Å². The summed E-state index contributed by atoms with van der Waals surface area (Å²) in [7, 11) is -3.84. The predicted molar refractivity (Wildman–Crippen MR) is 94.2 cm³/mol. The molecule has 9 nitrogen and oxygen atoms in total. The quantitative estimate of drug-likeness (QED) is 0.627. The molecule has 10 heteroatoms. The fraction of sp³-hybridized carbons (Fsp3) is 0.562. The van der Waals surface area contributed by atoms with Crippen LogP contribution in [-0.4, -0.2) is 49.1 Å². The van der Waals surface area contributed by atoms with E-state index in [-0.39, 0.29) is 17.1 Å². The topological polar surface area (TPSA) is 119 Å². The molecular weight excluding hydrogens is 362 g/mol. The van der Waals surface area contributed by atoms with E-state index in [0.29, 0.717) is 19.4 Å². The van der Waals surface area contributed by atoms with Crippen molar-refractivity contribution in [2.75, 3.05) is 13.1 Å². The van der Waals surface area contributed by atoms with E-state index in [9.17, 15) is 23.3 Å². The van der Waals surface area contributed by atoms with Crippen LogP contribution in [0.2, 0.25) is 0 Å². The Kier molecular flexibility index (Phi) is 5.87. The minimum atomic E-state index is -3.84. The van der Waals surface area contributed by atoms with Gasteiger partial charge in [0.1, 0.15) is 5.60 Å². The molecule has 0 saturated carbocycles. The lowest BCUT2D eigenvalue weighted by Crippen LogP contribution is -2.50. The molecule has 0 bridgehead atoms. The monoisotopic (exact) mass is 385 g/mol. The third kappa shape index (κ3) is 5.40. The van der Waals surface area contributed by atoms with Gasteiger partial charge < -0.3 is 9.64 Å². The maximum absolute atomic E-state index is 12.5. The van der Waals surface area contributed by atoms with Crippen LogP contribution in [0.1, 0.15) is 33.6 Å². The molecule has 0 aromatic heterocycles. The Morgan fingerprint density at radius 1 is 1.31 bits per heavy atom. The number of non-ortho nitro benzene ring substituents is 1. The highest BCUT2D eigenvalue weighted by Gasteiger charge is 2.30. The molecule has 144 valence electrons. The van der Waals surface area contributed by atoms with Gasteiger partial charge in [0, 0.05) is 31.3 Å². The molecule has 2 rings (SSSR count). The van der Waals surface area contributed by atoms with Crippen molar-refractivity contribution < 1.29 is 22.9 Å². The summed E-state index contributed by atoms with van der Waals surface area (Å²) in [5.74, 6) is 0. The summed E-state index contributed by atoms with van der Waals surface area (Å²) in [6.45, 7) is 6.02. The molecule has 0 unspecified atom stereocenters. The van der Waals surface area contributed by atoms with Crippen LogP contribution < -0.4 is 4.72 Å². The third-order valence-corrected chi connectivity index (χ3v) is 5.29. The zero-order valence-electron chi connectivity index (χ0n) is 15.0. The average molecular weight is 385 g/mol. The Morgan fingerprint density at radius 2 is 1.92 bits per heavy atom. The number of nitro benzene ring substituents is 1. The van der Waals surface area contributed by atoms with Crippen molar-refractivity contribution in [3.8, 4) is 0 Å². The second-order valence-electron chi connectivity index (χ2n) is 7.14. The van der Waals surface area contributed by atoms with Crippen LogP contribution in [0, 0.1) is 10.1 Å². The summed E-state index contributed by atoms with van der Waals surface area (Å²) in [6.07, 6.45) is 0.759. The number of piperidine rings is 1. The van der Waals surface area contributed by atoms with E-state index >= 15 is 0 Å². The van der Waals surface area contributed by atoms with Crippen LogP contribution >= 0.6 is 0 Å². The molecule has 1 heterocycles. The Hall–Kier alpha value is -2.20. The normalized spacial score (nSPS) is 18.4. The van der Waals surface area contributed by atoms with Gasteiger partial charge in [0.2, 0.25) is 10.0 Å². The average Bonchev–Trinajstić information content (AvgIpc) is 2.53. The highest BCUT2D eigenvalue weighted by molar-refractivity contribution is 7.89. The molecule has 1 atom stereocenters. The number of carbonyl (C=O) groups excluding carboxylic acids is 1. The summed E-state index contributed by atoms with van der Waals surface area (Å²) in [5, 5.41) is 10.7. The van der Waals surface area contributed by atoms with Gasteiger partial charge in [-0.25, -0.2) is 17.9 Å². The first-order chi connectivity index (χ1) is 12.0. The molecule has 1 saturated heterocycles. The van der Waals surface area contributed by atoms with Crippen LogP contribution in [0.4, 0.5) is 10.5 Å². The summed E-state index contributed by atoms with van der Waals surface area (Å²) >= 11 is 0. The summed E-state index contributed by atoms with van der Waals surface area (Å²) in [5.41, 5.74) is -0.805. The van der Waals surface area contributed by atoms with Crippen LogP contribution in [0.25, 0.3) is 0 Å². The van der Waals surface area contributed by atoms with Gasteiger partial charge in [-0.1, -0.05) is 0 Å². The number of likely N-dealkylation sites (tertiary alicyclic amines) is 1. The number of hydrogen-bond donors (Lipinski definition) is 1. The van der Waals surface area contributed by atoms with Gasteiger partial charge >= 0.3 is 6.09 Å². The van der Waals surface area contributed by atoms with E-state index in [2.05, 4.69) is 4.72 Å². The maximum atomic E-state index is 12.5. The Bertz CT molecular complexity index is 770. The van der Waals surface area contributed by atoms with E-state index in [4.69, 9.17) is 4.74 Å². The SMILES string of the molecule is CC(C)(C)OC(=O)N1CCC[C@@H](NS(=O)(=O)c2ccc([N+](=O)[O-])cc2)C1. The summed E-state index contributed by atoms with van der Waals surface area (Å²) < 4.78 is 32.8. The fourth-order valence-electron chi connectivity index (χ4n) is 2.60. The Morgan fingerprint density at radius 3 is 2.46 bits per heavy atom. The largest absolute Gasteiger partial charge is 0.444 e. The van der Waals surface area contributed by atoms with Crippen molar-refractivity contribution in [2.45, 2.75) is 50.2 Å². The van der Waals surface area contributed by atoms with Crippen molar-refractivity contribution in [3.05, 3.63) is 34.4 Å². The van der Waals surface area contributed by atoms with Crippen LogP contribution in [0.15, 0.2) is 29.2 Å². The van der Waals surface area contributed by atoms with Crippen molar-refractivity contribution in [3.63, 3.8) is 0 Å². The van der Waals surface area contributed by atoms with Gasteiger partial charge in [0.05, 0.1) is 9.82 Å². The second kappa shape index (κ2) is 7.58. The molecule has 0 radical (unpaired) electrons. The maximum Gasteiger partial charge on any atom is 0.410 e. The van der Waals surface area contributed by atoms with E-state index in [1.165, 1.54) is 17.0 Å². The number of benzene rings is 1. The number of nitrogens with zero attached hydrogens (tertiary/aromatic N) is 2. The molecule has 26 heavy (non-hydrogen) atoms. The summed E-state index contributed by atoms with van der Waals surface area (Å²) in [6, 6.07) is 4.21. The number of sulfonamides is 1. The number of carbonyl (C=O) groups is 1. The number of rotatable bonds is 4. The van der Waals surface area contributed by atoms with Gasteiger partial charge in [-0.2, -0.15) is 0 Å². The highest BCUT2D eigenvalue weighted by Crippen LogP contribution is 2.19. The number of ether oxygens (including phenoxy) is 1. The first kappa shape index (κ1) is 20.1. The number of nitro groups is 1. The molecule has 1 fully saturated rings. The molecular formula is C16H23N3O6S. The van der Waals surface area contributed by atoms with Gasteiger partial charge in [0.25, 0.3) is 5.69 Å². The van der Waals surface area contributed by atoms with Crippen molar-refractivity contribution >= 4 is 21.8 Å². The van der Waals surface area contributed by atoms with Gasteiger partial charge in [-0.3, -0.25) is 10.1 Å². The fourth-order valence-corrected chi connectivity index (χ4v) is 3.86. The van der Waals surface area contributed by atoms with Gasteiger partial charge in [-0.05, 0) is 45.7 Å². The second-order valence-corrected chi connectivity index (χ2v) is 8.85. The van der Waals surface area contributed by atoms with Crippen LogP contribution in [0.3, 0.4) is 0 Å². The molecule has 1 aromatic rings. The van der Waals surface area contributed by atoms with Crippen molar-refractivity contribution in [1.82, 2.24) is 9.62 Å². The molecule has 1 amide bonds. The molecule has 1 aromatic carbocycles. The zero-order valence-corrected chi connectivity index (χ0v) is 15.8. The zero-order chi connectivity index (χ0) is 19.5. The van der Waals surface area contributed by atoms with Crippen molar-refractivity contribution in [1.29, 1.82) is 0 Å². The first-order valence-electron chi connectivity index (χ1n) is 8.23.